The van der Waals surface area contributed by atoms with Gasteiger partial charge in [0.25, 0.3) is 0 Å². The van der Waals surface area contributed by atoms with Gasteiger partial charge in [-0.25, -0.2) is 4.79 Å². The Labute approximate surface area is 187 Å². The van der Waals surface area contributed by atoms with Crippen LogP contribution in [0.25, 0.3) is 10.9 Å². The third-order valence-corrected chi connectivity index (χ3v) is 6.14. The van der Waals surface area contributed by atoms with Crippen molar-refractivity contribution in [3.05, 3.63) is 25.4 Å². The minimum absolute atomic E-state index is 0.200. The summed E-state index contributed by atoms with van der Waals surface area (Å²) in [5, 5.41) is 4.27. The van der Waals surface area contributed by atoms with Crippen molar-refractivity contribution in [3.63, 3.8) is 0 Å². The van der Waals surface area contributed by atoms with Gasteiger partial charge in [0.1, 0.15) is 5.60 Å². The van der Waals surface area contributed by atoms with E-state index in [0.29, 0.717) is 27.9 Å². The molecule has 1 unspecified atom stereocenters. The van der Waals surface area contributed by atoms with Gasteiger partial charge in [0.15, 0.2) is 6.29 Å². The molecule has 0 spiro atoms. The number of carbonyl (C=O) groups is 1. The Balaban J connectivity index is 1.88. The zero-order chi connectivity index (χ0) is 20.5. The van der Waals surface area contributed by atoms with Gasteiger partial charge in [-0.2, -0.15) is 0 Å². The summed E-state index contributed by atoms with van der Waals surface area (Å²) in [4.78, 5) is 15.5. The number of fused-ring (bicyclic) bond motifs is 1. The largest absolute Gasteiger partial charge is 0.444 e. The molecule has 1 fully saturated rings. The van der Waals surface area contributed by atoms with Crippen molar-refractivity contribution in [3.8, 4) is 0 Å². The lowest BCUT2D eigenvalue weighted by atomic mass is 10.2. The van der Waals surface area contributed by atoms with E-state index < -0.39 is 11.7 Å². The number of aromatic nitrogens is 1. The van der Waals surface area contributed by atoms with Crippen LogP contribution in [0.2, 0.25) is 10.0 Å². The van der Waals surface area contributed by atoms with E-state index in [4.69, 9.17) is 37.4 Å². The number of amides is 1. The van der Waals surface area contributed by atoms with Gasteiger partial charge in [-0.05, 0) is 68.7 Å². The van der Waals surface area contributed by atoms with E-state index in [0.717, 1.165) is 40.5 Å². The fraction of sp³-hybridized carbons (Fsp3) is 0.526. The van der Waals surface area contributed by atoms with Crippen LogP contribution in [0.15, 0.2) is 6.07 Å². The zero-order valence-electron chi connectivity index (χ0n) is 16.0. The second-order valence-corrected chi connectivity index (χ2v) is 9.49. The number of hydrogen-bond donors (Lipinski definition) is 2. The fourth-order valence-corrected chi connectivity index (χ4v) is 4.21. The van der Waals surface area contributed by atoms with Crippen LogP contribution in [0, 0.1) is 3.57 Å². The van der Waals surface area contributed by atoms with Gasteiger partial charge in [-0.3, -0.25) is 5.32 Å². The van der Waals surface area contributed by atoms with E-state index in [1.807, 2.05) is 0 Å². The van der Waals surface area contributed by atoms with Gasteiger partial charge in [-0.1, -0.05) is 23.2 Å². The maximum atomic E-state index is 12.3. The summed E-state index contributed by atoms with van der Waals surface area (Å²) in [5.41, 5.74) is 1.41. The lowest BCUT2D eigenvalue weighted by Crippen LogP contribution is -2.27. The third kappa shape index (κ3) is 5.24. The minimum atomic E-state index is -0.607. The van der Waals surface area contributed by atoms with E-state index in [1.54, 1.807) is 26.8 Å². The van der Waals surface area contributed by atoms with Crippen LogP contribution in [0.4, 0.5) is 10.5 Å². The van der Waals surface area contributed by atoms with Crippen LogP contribution in [0.3, 0.4) is 0 Å². The second-order valence-electron chi connectivity index (χ2n) is 7.62. The predicted molar refractivity (Wildman–Crippen MR) is 119 cm³/mol. The molecule has 1 amide bonds. The lowest BCUT2D eigenvalue weighted by Gasteiger charge is -2.22. The number of rotatable bonds is 4. The summed E-state index contributed by atoms with van der Waals surface area (Å²) in [5.74, 6) is 0. The second kappa shape index (κ2) is 8.95. The molecule has 154 valence electrons. The molecule has 3 rings (SSSR count). The van der Waals surface area contributed by atoms with Crippen molar-refractivity contribution in [2.45, 2.75) is 58.5 Å². The van der Waals surface area contributed by atoms with Crippen molar-refractivity contribution in [1.29, 1.82) is 0 Å². The average Bonchev–Trinajstić information content (AvgIpc) is 2.94. The number of nitrogens with one attached hydrogen (secondary N) is 2. The third-order valence-electron chi connectivity index (χ3n) is 4.17. The topological polar surface area (TPSA) is 72.6 Å². The van der Waals surface area contributed by atoms with Gasteiger partial charge >= 0.3 is 6.09 Å². The van der Waals surface area contributed by atoms with Gasteiger partial charge in [0, 0.05) is 15.6 Å². The first-order chi connectivity index (χ1) is 13.2. The molecule has 6 nitrogen and oxygen atoms in total. The molecule has 2 N–H and O–H groups in total. The van der Waals surface area contributed by atoms with E-state index in [2.05, 4.69) is 32.9 Å². The lowest BCUT2D eigenvalue weighted by molar-refractivity contribution is -0.169. The normalized spacial score (nSPS) is 17.7. The number of halogens is 3. The number of benzene rings is 1. The van der Waals surface area contributed by atoms with E-state index >= 15 is 0 Å². The maximum absolute atomic E-state index is 12.3. The smallest absolute Gasteiger partial charge is 0.412 e. The molecular formula is C19H23Cl2IN2O4. The molecule has 1 aliphatic heterocycles. The minimum Gasteiger partial charge on any atom is -0.444 e. The highest BCUT2D eigenvalue weighted by Crippen LogP contribution is 2.40. The Morgan fingerprint density at radius 2 is 2.14 bits per heavy atom. The molecule has 2 heterocycles. The van der Waals surface area contributed by atoms with Gasteiger partial charge in [0.2, 0.25) is 0 Å². The molecule has 28 heavy (non-hydrogen) atoms. The van der Waals surface area contributed by atoms with Crippen LogP contribution in [-0.4, -0.2) is 29.6 Å². The van der Waals surface area contributed by atoms with Crippen molar-refractivity contribution >= 4 is 68.5 Å². The van der Waals surface area contributed by atoms with E-state index in [1.165, 1.54) is 0 Å². The van der Waals surface area contributed by atoms with Crippen LogP contribution in [-0.2, 0) is 20.8 Å². The summed E-state index contributed by atoms with van der Waals surface area (Å²) in [6, 6.07) is 1.63. The molecule has 1 saturated heterocycles. The molecule has 1 atom stereocenters. The van der Waals surface area contributed by atoms with Crippen molar-refractivity contribution in [1.82, 2.24) is 4.98 Å². The summed E-state index contributed by atoms with van der Waals surface area (Å²) < 4.78 is 17.8. The van der Waals surface area contributed by atoms with Crippen LogP contribution < -0.4 is 5.32 Å². The standard InChI is InChI=1S/C19H23Cl2IN2O4/c1-19(2,3)28-18(25)24-11-8-10(20)15(21)17-14(11)16(22)12(23-17)9-27-13-6-4-5-7-26-13/h8,13,23H,4-7,9H2,1-3H3,(H,24,25). The van der Waals surface area contributed by atoms with Gasteiger partial charge in [0.05, 0.1) is 33.6 Å². The average molecular weight is 541 g/mol. The first kappa shape index (κ1) is 22.0. The Morgan fingerprint density at radius 3 is 2.79 bits per heavy atom. The molecular weight excluding hydrogens is 518 g/mol. The van der Waals surface area contributed by atoms with Crippen molar-refractivity contribution in [2.75, 3.05) is 11.9 Å². The van der Waals surface area contributed by atoms with Crippen LogP contribution in [0.5, 0.6) is 0 Å². The monoisotopic (exact) mass is 540 g/mol. The number of ether oxygens (including phenoxy) is 3. The Kier molecular flexibility index (Phi) is 7.02. The maximum Gasteiger partial charge on any atom is 0.412 e. The molecule has 0 aliphatic carbocycles. The number of aromatic amines is 1. The van der Waals surface area contributed by atoms with Crippen LogP contribution >= 0.6 is 45.8 Å². The molecule has 0 bridgehead atoms. The number of carbonyl (C=O) groups excluding carboxylic acids is 1. The SMILES string of the molecule is CC(C)(C)OC(=O)Nc1cc(Cl)c(Cl)c2[nH]c(COC3CCCCO3)c(I)c12. The fourth-order valence-electron chi connectivity index (χ4n) is 2.96. The Bertz CT molecular complexity index is 873. The molecule has 1 aromatic carbocycles. The van der Waals surface area contributed by atoms with Gasteiger partial charge in [-0.15, -0.1) is 0 Å². The number of H-pyrrole nitrogens is 1. The summed E-state index contributed by atoms with van der Waals surface area (Å²) in [6.07, 6.45) is 2.29. The molecule has 1 aromatic heterocycles. The first-order valence-corrected chi connectivity index (χ1v) is 10.9. The number of anilines is 1. The Morgan fingerprint density at radius 1 is 1.39 bits per heavy atom. The molecule has 2 aromatic rings. The highest BCUT2D eigenvalue weighted by molar-refractivity contribution is 14.1. The van der Waals surface area contributed by atoms with Crippen molar-refractivity contribution < 1.29 is 19.0 Å². The summed E-state index contributed by atoms with van der Waals surface area (Å²) in [7, 11) is 0. The van der Waals surface area contributed by atoms with Gasteiger partial charge < -0.3 is 19.2 Å². The Hall–Kier alpha value is -0.740. The van der Waals surface area contributed by atoms with Crippen LogP contribution in [0.1, 0.15) is 45.7 Å². The summed E-state index contributed by atoms with van der Waals surface area (Å²) >= 11 is 14.9. The van der Waals surface area contributed by atoms with Crippen molar-refractivity contribution in [2.24, 2.45) is 0 Å². The molecule has 9 heteroatoms. The van der Waals surface area contributed by atoms with E-state index in [-0.39, 0.29) is 6.29 Å². The highest BCUT2D eigenvalue weighted by atomic mass is 127. The van der Waals surface area contributed by atoms with E-state index in [9.17, 15) is 4.79 Å². The molecule has 0 saturated carbocycles. The predicted octanol–water partition coefficient (Wildman–Crippen LogP) is 6.47. The quantitative estimate of drug-likeness (QED) is 0.436. The zero-order valence-corrected chi connectivity index (χ0v) is 19.6. The molecule has 1 aliphatic rings. The summed E-state index contributed by atoms with van der Waals surface area (Å²) in [6.45, 7) is 6.48. The first-order valence-electron chi connectivity index (χ1n) is 9.07. The highest BCUT2D eigenvalue weighted by Gasteiger charge is 2.23. The number of hydrogen-bond acceptors (Lipinski definition) is 4. The molecule has 0 radical (unpaired) electrons.